The molecule has 1 aliphatic carbocycles. The Balaban J connectivity index is 1.90. The lowest BCUT2D eigenvalue weighted by Crippen LogP contribution is -2.60. The number of carbonyl (C=O) groups excluding carboxylic acids is 1. The van der Waals surface area contributed by atoms with Crippen LogP contribution in [0, 0.1) is 5.92 Å². The number of benzene rings is 1. The topological polar surface area (TPSA) is 58.6 Å². The van der Waals surface area contributed by atoms with Gasteiger partial charge in [0.2, 0.25) is 5.91 Å². The summed E-state index contributed by atoms with van der Waals surface area (Å²) in [5.74, 6) is 1.19. The minimum Gasteiger partial charge on any atom is -0.507 e. The van der Waals surface area contributed by atoms with Gasteiger partial charge in [-0.1, -0.05) is 38.3 Å². The minimum atomic E-state index is -0.291. The normalized spacial score (nSPS) is 24.8. The first kappa shape index (κ1) is 19.8. The molecule has 2 N–H and O–H groups in total. The Morgan fingerprint density at radius 2 is 2.07 bits per heavy atom. The summed E-state index contributed by atoms with van der Waals surface area (Å²) in [6.07, 6.45) is 10.4. The Bertz CT molecular complexity index is 710. The number of β-lactam (4-membered cyclic amide) rings is 1. The Hall–Kier alpha value is -1.97. The van der Waals surface area contributed by atoms with E-state index >= 15 is 0 Å². The van der Waals surface area contributed by atoms with Gasteiger partial charge in [0.25, 0.3) is 0 Å². The SMILES string of the molecule is CCCCCc1cc(O)c(C2C=C(C)CCC2)c(OC2NC(=O)C2CC)c1. The van der Waals surface area contributed by atoms with Gasteiger partial charge in [0.1, 0.15) is 11.5 Å². The quantitative estimate of drug-likeness (QED) is 0.375. The van der Waals surface area contributed by atoms with Gasteiger partial charge in [0.05, 0.1) is 5.92 Å². The number of amides is 1. The van der Waals surface area contributed by atoms with Gasteiger partial charge in [0.15, 0.2) is 6.23 Å². The Labute approximate surface area is 163 Å². The molecule has 4 nitrogen and oxygen atoms in total. The molecule has 1 saturated heterocycles. The summed E-state index contributed by atoms with van der Waals surface area (Å²) in [7, 11) is 0. The molecule has 1 heterocycles. The van der Waals surface area contributed by atoms with Crippen molar-refractivity contribution in [3.05, 3.63) is 34.9 Å². The second-order valence-electron chi connectivity index (χ2n) is 8.06. The van der Waals surface area contributed by atoms with Gasteiger partial charge in [-0.15, -0.1) is 0 Å². The highest BCUT2D eigenvalue weighted by Gasteiger charge is 2.40. The average Bonchev–Trinajstić information content (AvgIpc) is 2.61. The molecule has 1 fully saturated rings. The molecule has 148 valence electrons. The van der Waals surface area contributed by atoms with Crippen LogP contribution in [-0.4, -0.2) is 17.2 Å². The molecule has 1 aliphatic heterocycles. The molecule has 0 spiro atoms. The largest absolute Gasteiger partial charge is 0.507 e. The van der Waals surface area contributed by atoms with Gasteiger partial charge in [0, 0.05) is 11.5 Å². The van der Waals surface area contributed by atoms with Gasteiger partial charge < -0.3 is 15.2 Å². The predicted molar refractivity (Wildman–Crippen MR) is 108 cm³/mol. The van der Waals surface area contributed by atoms with E-state index in [2.05, 4.69) is 31.3 Å². The molecule has 0 aromatic heterocycles. The predicted octanol–water partition coefficient (Wildman–Crippen LogP) is 5.20. The molecule has 3 atom stereocenters. The third-order valence-corrected chi connectivity index (χ3v) is 5.87. The summed E-state index contributed by atoms with van der Waals surface area (Å²) in [5, 5.41) is 13.7. The van der Waals surface area contributed by atoms with Crippen LogP contribution in [-0.2, 0) is 11.2 Å². The minimum absolute atomic E-state index is 0.0563. The third-order valence-electron chi connectivity index (χ3n) is 5.87. The number of ether oxygens (including phenoxy) is 1. The van der Waals surface area contributed by atoms with Crippen molar-refractivity contribution in [2.45, 2.75) is 84.3 Å². The van der Waals surface area contributed by atoms with Crippen molar-refractivity contribution >= 4 is 5.91 Å². The molecule has 27 heavy (non-hydrogen) atoms. The van der Waals surface area contributed by atoms with E-state index in [9.17, 15) is 9.90 Å². The van der Waals surface area contributed by atoms with E-state index in [4.69, 9.17) is 4.74 Å². The summed E-state index contributed by atoms with van der Waals surface area (Å²) >= 11 is 0. The van der Waals surface area contributed by atoms with Crippen molar-refractivity contribution in [1.29, 1.82) is 0 Å². The summed E-state index contributed by atoms with van der Waals surface area (Å²) < 4.78 is 6.25. The number of hydrogen-bond donors (Lipinski definition) is 2. The van der Waals surface area contributed by atoms with E-state index in [0.717, 1.165) is 55.4 Å². The van der Waals surface area contributed by atoms with Crippen LogP contribution in [0.2, 0.25) is 0 Å². The number of unbranched alkanes of at least 4 members (excludes halogenated alkanes) is 2. The fraction of sp³-hybridized carbons (Fsp3) is 0.609. The lowest BCUT2D eigenvalue weighted by atomic mass is 9.84. The summed E-state index contributed by atoms with van der Waals surface area (Å²) in [6, 6.07) is 3.99. The van der Waals surface area contributed by atoms with Crippen LogP contribution < -0.4 is 10.1 Å². The number of allylic oxidation sites excluding steroid dienone is 2. The van der Waals surface area contributed by atoms with Crippen LogP contribution in [0.15, 0.2) is 23.8 Å². The molecule has 1 aromatic rings. The molecule has 4 heteroatoms. The van der Waals surface area contributed by atoms with Crippen molar-refractivity contribution in [3.8, 4) is 11.5 Å². The van der Waals surface area contributed by atoms with Gasteiger partial charge in [-0.25, -0.2) is 0 Å². The molecule has 3 unspecified atom stereocenters. The van der Waals surface area contributed by atoms with Crippen molar-refractivity contribution < 1.29 is 14.6 Å². The van der Waals surface area contributed by atoms with E-state index in [-0.39, 0.29) is 24.0 Å². The highest BCUT2D eigenvalue weighted by Crippen LogP contribution is 2.43. The zero-order valence-corrected chi connectivity index (χ0v) is 16.9. The van der Waals surface area contributed by atoms with Crippen molar-refractivity contribution in [1.82, 2.24) is 5.32 Å². The van der Waals surface area contributed by atoms with Crippen LogP contribution in [0.4, 0.5) is 0 Å². The third kappa shape index (κ3) is 4.48. The molecule has 3 rings (SSSR count). The Morgan fingerprint density at radius 3 is 2.74 bits per heavy atom. The highest BCUT2D eigenvalue weighted by molar-refractivity contribution is 5.85. The number of carbonyl (C=O) groups is 1. The summed E-state index contributed by atoms with van der Waals surface area (Å²) in [6.45, 7) is 6.35. The average molecular weight is 372 g/mol. The number of phenolic OH excluding ortho intramolecular Hbond substituents is 1. The maximum absolute atomic E-state index is 11.8. The zero-order chi connectivity index (χ0) is 19.4. The van der Waals surface area contributed by atoms with Gasteiger partial charge in [-0.3, -0.25) is 4.79 Å². The number of phenols is 1. The van der Waals surface area contributed by atoms with E-state index in [0.29, 0.717) is 5.75 Å². The second kappa shape index (κ2) is 8.81. The van der Waals surface area contributed by atoms with E-state index < -0.39 is 0 Å². The van der Waals surface area contributed by atoms with E-state index in [1.54, 1.807) is 0 Å². The van der Waals surface area contributed by atoms with E-state index in [1.807, 2.05) is 13.0 Å². The molecular formula is C23H33NO3. The number of aromatic hydroxyl groups is 1. The van der Waals surface area contributed by atoms with Crippen LogP contribution in [0.3, 0.4) is 0 Å². The van der Waals surface area contributed by atoms with Gasteiger partial charge in [-0.2, -0.15) is 0 Å². The number of rotatable bonds is 8. The van der Waals surface area contributed by atoms with Crippen LogP contribution in [0.25, 0.3) is 0 Å². The van der Waals surface area contributed by atoms with Crippen LogP contribution in [0.5, 0.6) is 11.5 Å². The van der Waals surface area contributed by atoms with E-state index in [1.165, 1.54) is 18.4 Å². The smallest absolute Gasteiger partial charge is 0.231 e. The standard InChI is InChI=1S/C23H33NO3/c1-4-6-7-10-16-13-19(25)21(17-11-8-9-15(3)12-17)20(14-16)27-23-18(5-2)22(26)24-23/h12-14,17-18,23,25H,4-11H2,1-3H3,(H,24,26). The fourth-order valence-corrected chi connectivity index (χ4v) is 4.24. The molecule has 2 aliphatic rings. The maximum atomic E-state index is 11.8. The Kier molecular flexibility index (Phi) is 6.46. The van der Waals surface area contributed by atoms with Gasteiger partial charge in [-0.05, 0) is 63.1 Å². The number of aryl methyl sites for hydroxylation is 1. The first-order valence-corrected chi connectivity index (χ1v) is 10.5. The van der Waals surface area contributed by atoms with Crippen molar-refractivity contribution in [3.63, 3.8) is 0 Å². The number of hydrogen-bond acceptors (Lipinski definition) is 3. The first-order valence-electron chi connectivity index (χ1n) is 10.5. The van der Waals surface area contributed by atoms with Crippen LogP contribution >= 0.6 is 0 Å². The molecule has 1 amide bonds. The fourth-order valence-electron chi connectivity index (χ4n) is 4.24. The van der Waals surface area contributed by atoms with Crippen molar-refractivity contribution in [2.75, 3.05) is 0 Å². The van der Waals surface area contributed by atoms with Gasteiger partial charge >= 0.3 is 0 Å². The molecular weight excluding hydrogens is 338 g/mol. The summed E-state index contributed by atoms with van der Waals surface area (Å²) in [4.78, 5) is 11.8. The highest BCUT2D eigenvalue weighted by atomic mass is 16.5. The lowest BCUT2D eigenvalue weighted by Gasteiger charge is -2.37. The maximum Gasteiger partial charge on any atom is 0.231 e. The molecule has 0 bridgehead atoms. The Morgan fingerprint density at radius 1 is 1.26 bits per heavy atom. The lowest BCUT2D eigenvalue weighted by molar-refractivity contribution is -0.144. The molecule has 1 aromatic carbocycles. The monoisotopic (exact) mass is 371 g/mol. The zero-order valence-electron chi connectivity index (χ0n) is 16.9. The van der Waals surface area contributed by atoms with Crippen LogP contribution in [0.1, 0.15) is 82.8 Å². The molecule has 0 radical (unpaired) electrons. The molecule has 0 saturated carbocycles. The first-order chi connectivity index (χ1) is 13.0. The number of nitrogens with one attached hydrogen (secondary N) is 1. The second-order valence-corrected chi connectivity index (χ2v) is 8.06. The van der Waals surface area contributed by atoms with Crippen molar-refractivity contribution in [2.24, 2.45) is 5.92 Å². The summed E-state index contributed by atoms with van der Waals surface area (Å²) in [5.41, 5.74) is 3.35.